The van der Waals surface area contributed by atoms with Crippen molar-refractivity contribution >= 4 is 35.1 Å². The number of imide groups is 1. The van der Waals surface area contributed by atoms with Gasteiger partial charge >= 0.3 is 5.97 Å². The van der Waals surface area contributed by atoms with E-state index < -0.39 is 11.9 Å². The zero-order chi connectivity index (χ0) is 24.9. The molecule has 0 spiro atoms. The van der Waals surface area contributed by atoms with Crippen LogP contribution in [0, 0.1) is 37.5 Å². The van der Waals surface area contributed by atoms with Crippen LogP contribution in [-0.2, 0) is 19.2 Å². The van der Waals surface area contributed by atoms with Crippen LogP contribution in [0.5, 0.6) is 5.75 Å². The number of anilines is 2. The van der Waals surface area contributed by atoms with E-state index in [1.54, 1.807) is 30.0 Å². The lowest BCUT2D eigenvalue weighted by Crippen LogP contribution is -2.31. The van der Waals surface area contributed by atoms with E-state index in [-0.39, 0.29) is 42.5 Å². The summed E-state index contributed by atoms with van der Waals surface area (Å²) in [5.41, 5.74) is 3.01. The van der Waals surface area contributed by atoms with Crippen LogP contribution in [0.15, 0.2) is 42.5 Å². The molecule has 35 heavy (non-hydrogen) atoms. The van der Waals surface area contributed by atoms with E-state index in [0.29, 0.717) is 22.9 Å². The van der Waals surface area contributed by atoms with Gasteiger partial charge in [-0.2, -0.15) is 0 Å². The van der Waals surface area contributed by atoms with Gasteiger partial charge in [0.25, 0.3) is 0 Å². The lowest BCUT2D eigenvalue weighted by molar-refractivity contribution is -0.139. The molecule has 3 fully saturated rings. The van der Waals surface area contributed by atoms with Gasteiger partial charge in [0.15, 0.2) is 0 Å². The lowest BCUT2D eigenvalue weighted by atomic mass is 9.76. The summed E-state index contributed by atoms with van der Waals surface area (Å²) in [6.07, 6.45) is 2.57. The average Bonchev–Trinajstić information content (AvgIpc) is 3.32. The second kappa shape index (κ2) is 8.95. The third-order valence-corrected chi connectivity index (χ3v) is 7.68. The van der Waals surface area contributed by atoms with E-state index in [1.165, 1.54) is 4.90 Å². The van der Waals surface area contributed by atoms with Crippen LogP contribution in [0.4, 0.5) is 11.4 Å². The third-order valence-electron chi connectivity index (χ3n) is 7.68. The van der Waals surface area contributed by atoms with Gasteiger partial charge < -0.3 is 9.64 Å². The number of carbonyl (C=O) groups is 4. The molecule has 0 radical (unpaired) electrons. The molecule has 5 rings (SSSR count). The van der Waals surface area contributed by atoms with Crippen molar-refractivity contribution in [3.05, 3.63) is 53.6 Å². The van der Waals surface area contributed by atoms with Crippen molar-refractivity contribution in [1.29, 1.82) is 0 Å². The largest absolute Gasteiger partial charge is 0.426 e. The maximum absolute atomic E-state index is 13.1. The fraction of sp³-hybridized carbons (Fsp3) is 0.429. The van der Waals surface area contributed by atoms with Gasteiger partial charge in [-0.3, -0.25) is 19.2 Å². The number of esters is 1. The van der Waals surface area contributed by atoms with Gasteiger partial charge in [-0.1, -0.05) is 25.1 Å². The fourth-order valence-electron chi connectivity index (χ4n) is 5.73. The van der Waals surface area contributed by atoms with E-state index in [9.17, 15) is 19.2 Å². The molecule has 2 aromatic carbocycles. The van der Waals surface area contributed by atoms with E-state index in [1.807, 2.05) is 31.2 Å². The van der Waals surface area contributed by atoms with Crippen molar-refractivity contribution in [2.45, 2.75) is 46.5 Å². The Hall–Kier alpha value is -3.48. The standard InChI is InChI=1S/C28H30N2O5/c1-16-8-10-21-22(12-16)27(33)30(26(21)32)24-11-9-20(13-18(24)3)35-28(34)19-14-25(31)29(15-19)23-7-5-4-6-17(23)2/h4-7,9,11,13,16,19,21-22H,8,10,12,14-15H2,1-3H3/t16-,19+,21+,22-/m0/s1. The maximum atomic E-state index is 13.1. The van der Waals surface area contributed by atoms with Crippen LogP contribution < -0.4 is 14.5 Å². The number of ether oxygens (including phenoxy) is 1. The van der Waals surface area contributed by atoms with Crippen LogP contribution in [0.2, 0.25) is 0 Å². The molecular formula is C28H30N2O5. The molecule has 3 aliphatic rings. The molecule has 0 bridgehead atoms. The molecular weight excluding hydrogens is 444 g/mol. The van der Waals surface area contributed by atoms with Gasteiger partial charge in [0.05, 0.1) is 23.4 Å². The third kappa shape index (κ3) is 4.13. The summed E-state index contributed by atoms with van der Waals surface area (Å²) in [5, 5.41) is 0. The molecule has 1 aliphatic carbocycles. The van der Waals surface area contributed by atoms with Crippen molar-refractivity contribution < 1.29 is 23.9 Å². The number of hydrogen-bond donors (Lipinski definition) is 0. The van der Waals surface area contributed by atoms with Gasteiger partial charge in [-0.15, -0.1) is 0 Å². The zero-order valence-electron chi connectivity index (χ0n) is 20.3. The van der Waals surface area contributed by atoms with E-state index >= 15 is 0 Å². The van der Waals surface area contributed by atoms with Crippen LogP contribution in [-0.4, -0.2) is 30.2 Å². The highest BCUT2D eigenvalue weighted by molar-refractivity contribution is 6.22. The van der Waals surface area contributed by atoms with Crippen molar-refractivity contribution in [3.63, 3.8) is 0 Å². The quantitative estimate of drug-likeness (QED) is 0.377. The fourth-order valence-corrected chi connectivity index (χ4v) is 5.73. The number of rotatable bonds is 4. The Kier molecular flexibility index (Phi) is 5.95. The number of hydrogen-bond acceptors (Lipinski definition) is 5. The Balaban J connectivity index is 1.29. The number of benzene rings is 2. The molecule has 7 nitrogen and oxygen atoms in total. The number of amides is 3. The molecule has 0 unspecified atom stereocenters. The van der Waals surface area contributed by atoms with E-state index in [2.05, 4.69) is 6.92 Å². The van der Waals surface area contributed by atoms with Gasteiger partial charge in [0, 0.05) is 18.7 Å². The minimum atomic E-state index is -0.561. The summed E-state index contributed by atoms with van der Waals surface area (Å²) in [6, 6.07) is 12.6. The first-order valence-corrected chi connectivity index (χ1v) is 12.3. The Bertz CT molecular complexity index is 1220. The molecule has 2 aromatic rings. The SMILES string of the molecule is Cc1ccccc1N1C[C@H](C(=O)Oc2ccc(N3C(=O)[C@H]4C[C@@H](C)CC[C@H]4C3=O)c(C)c2)CC1=O. The number of nitrogens with zero attached hydrogens (tertiary/aromatic N) is 2. The summed E-state index contributed by atoms with van der Waals surface area (Å²) in [5.74, 6) is -1.06. The van der Waals surface area contributed by atoms with Crippen molar-refractivity contribution in [1.82, 2.24) is 0 Å². The van der Waals surface area contributed by atoms with Crippen LogP contribution >= 0.6 is 0 Å². The van der Waals surface area contributed by atoms with Gasteiger partial charge in [0.2, 0.25) is 17.7 Å². The number of carbonyl (C=O) groups excluding carboxylic acids is 4. The molecule has 182 valence electrons. The predicted octanol–water partition coefficient (Wildman–Crippen LogP) is 4.19. The first-order valence-electron chi connectivity index (χ1n) is 12.3. The summed E-state index contributed by atoms with van der Waals surface area (Å²) in [6.45, 7) is 6.14. The predicted molar refractivity (Wildman–Crippen MR) is 131 cm³/mol. The minimum absolute atomic E-state index is 0.0994. The summed E-state index contributed by atoms with van der Waals surface area (Å²) < 4.78 is 5.62. The molecule has 2 aliphatic heterocycles. The second-order valence-electron chi connectivity index (χ2n) is 10.2. The zero-order valence-corrected chi connectivity index (χ0v) is 20.3. The first-order chi connectivity index (χ1) is 16.7. The normalized spacial score (nSPS) is 26.3. The highest BCUT2D eigenvalue weighted by Gasteiger charge is 2.50. The van der Waals surface area contributed by atoms with E-state index in [0.717, 1.165) is 30.5 Å². The van der Waals surface area contributed by atoms with Gasteiger partial charge in [-0.05, 0) is 74.4 Å². The topological polar surface area (TPSA) is 84.0 Å². The van der Waals surface area contributed by atoms with Gasteiger partial charge in [0.1, 0.15) is 5.75 Å². The highest BCUT2D eigenvalue weighted by Crippen LogP contribution is 2.43. The molecule has 0 aromatic heterocycles. The summed E-state index contributed by atoms with van der Waals surface area (Å²) in [7, 11) is 0. The van der Waals surface area contributed by atoms with Crippen molar-refractivity contribution in [2.24, 2.45) is 23.7 Å². The van der Waals surface area contributed by atoms with Gasteiger partial charge in [-0.25, -0.2) is 4.90 Å². The Morgan fingerprint density at radius 1 is 0.914 bits per heavy atom. The number of para-hydroxylation sites is 1. The smallest absolute Gasteiger partial charge is 0.316 e. The van der Waals surface area contributed by atoms with Crippen molar-refractivity contribution in [2.75, 3.05) is 16.3 Å². The Labute approximate surface area is 205 Å². The van der Waals surface area contributed by atoms with Crippen LogP contribution in [0.1, 0.15) is 43.7 Å². The van der Waals surface area contributed by atoms with Crippen LogP contribution in [0.3, 0.4) is 0 Å². The highest BCUT2D eigenvalue weighted by atomic mass is 16.5. The van der Waals surface area contributed by atoms with Crippen molar-refractivity contribution in [3.8, 4) is 5.75 Å². The monoisotopic (exact) mass is 474 g/mol. The lowest BCUT2D eigenvalue weighted by Gasteiger charge is -2.25. The molecule has 0 N–H and O–H groups in total. The molecule has 7 heteroatoms. The summed E-state index contributed by atoms with van der Waals surface area (Å²) >= 11 is 0. The molecule has 3 amide bonds. The Morgan fingerprint density at radius 3 is 2.40 bits per heavy atom. The van der Waals surface area contributed by atoms with Crippen LogP contribution in [0.25, 0.3) is 0 Å². The number of aryl methyl sites for hydroxylation is 2. The first kappa shape index (κ1) is 23.3. The number of fused-ring (bicyclic) bond motifs is 1. The molecule has 1 saturated carbocycles. The minimum Gasteiger partial charge on any atom is -0.426 e. The average molecular weight is 475 g/mol. The molecule has 2 saturated heterocycles. The molecule has 2 heterocycles. The maximum Gasteiger partial charge on any atom is 0.316 e. The molecule has 4 atom stereocenters. The van der Waals surface area contributed by atoms with E-state index in [4.69, 9.17) is 4.74 Å². The summed E-state index contributed by atoms with van der Waals surface area (Å²) in [4.78, 5) is 54.5. The second-order valence-corrected chi connectivity index (χ2v) is 10.2. The Morgan fingerprint density at radius 2 is 1.66 bits per heavy atom.